The molecule has 0 aromatic heterocycles. The van der Waals surface area contributed by atoms with Gasteiger partial charge in [-0.25, -0.2) is 0 Å². The van der Waals surface area contributed by atoms with E-state index >= 15 is 0 Å². The van der Waals surface area contributed by atoms with E-state index in [-0.39, 0.29) is 9.74 Å². The molecule has 0 N–H and O–H groups in total. The van der Waals surface area contributed by atoms with E-state index in [1.54, 1.807) is 0 Å². The second-order valence-corrected chi connectivity index (χ2v) is 11.1. The smallest absolute Gasteiger partial charge is 0.228 e. The SMILES string of the molecule is O=C(N1CCN(Cc2ccccc2)CC1)C12CC3CC(CC(Br)(C3)C1)C2. The molecule has 4 heteroatoms. The minimum atomic E-state index is -0.0464. The van der Waals surface area contributed by atoms with Gasteiger partial charge in [0.1, 0.15) is 0 Å². The Hall–Kier alpha value is -0.870. The van der Waals surface area contributed by atoms with Gasteiger partial charge in [-0.3, -0.25) is 9.69 Å². The molecule has 4 bridgehead atoms. The Morgan fingerprint density at radius 2 is 1.65 bits per heavy atom. The van der Waals surface area contributed by atoms with Crippen molar-refractivity contribution in [3.05, 3.63) is 35.9 Å². The van der Waals surface area contributed by atoms with Crippen molar-refractivity contribution in [1.82, 2.24) is 9.80 Å². The summed E-state index contributed by atoms with van der Waals surface area (Å²) in [5.41, 5.74) is 1.32. The van der Waals surface area contributed by atoms with Gasteiger partial charge in [0, 0.05) is 37.0 Å². The second-order valence-electron chi connectivity index (χ2n) is 9.45. The molecule has 2 atom stereocenters. The van der Waals surface area contributed by atoms with E-state index in [0.29, 0.717) is 5.91 Å². The number of nitrogens with zero attached hydrogens (tertiary/aromatic N) is 2. The Balaban J connectivity index is 1.24. The fourth-order valence-corrected chi connectivity index (χ4v) is 8.14. The second kappa shape index (κ2) is 6.34. The molecule has 1 aromatic carbocycles. The van der Waals surface area contributed by atoms with Gasteiger partial charge < -0.3 is 4.90 Å². The highest BCUT2D eigenvalue weighted by Gasteiger charge is 2.60. The molecular formula is C22H29BrN2O. The summed E-state index contributed by atoms with van der Waals surface area (Å²) in [6.45, 7) is 4.81. The van der Waals surface area contributed by atoms with Crippen molar-refractivity contribution in [1.29, 1.82) is 0 Å². The first kappa shape index (κ1) is 17.2. The van der Waals surface area contributed by atoms with E-state index in [0.717, 1.165) is 63.8 Å². The predicted molar refractivity (Wildman–Crippen MR) is 107 cm³/mol. The van der Waals surface area contributed by atoms with Crippen LogP contribution in [0.15, 0.2) is 30.3 Å². The summed E-state index contributed by atoms with van der Waals surface area (Å²) in [4.78, 5) is 18.2. The summed E-state index contributed by atoms with van der Waals surface area (Å²) < 4.78 is 0.266. The number of alkyl halides is 1. The monoisotopic (exact) mass is 416 g/mol. The number of hydrogen-bond acceptors (Lipinski definition) is 2. The number of halogens is 1. The Morgan fingerprint density at radius 1 is 1.00 bits per heavy atom. The number of carbonyl (C=O) groups excluding carboxylic acids is 1. The van der Waals surface area contributed by atoms with Crippen LogP contribution in [-0.4, -0.2) is 46.2 Å². The summed E-state index contributed by atoms with van der Waals surface area (Å²) in [6.07, 6.45) is 7.34. The Kier molecular flexibility index (Phi) is 4.20. The van der Waals surface area contributed by atoms with Crippen molar-refractivity contribution in [3.63, 3.8) is 0 Å². The quantitative estimate of drug-likeness (QED) is 0.693. The largest absolute Gasteiger partial charge is 0.340 e. The first-order chi connectivity index (χ1) is 12.5. The van der Waals surface area contributed by atoms with Crippen LogP contribution >= 0.6 is 15.9 Å². The summed E-state index contributed by atoms with van der Waals surface area (Å²) in [5.74, 6) is 2.03. The molecule has 6 rings (SSSR count). The molecule has 1 aliphatic heterocycles. The first-order valence-corrected chi connectivity index (χ1v) is 11.1. The van der Waals surface area contributed by atoms with Crippen molar-refractivity contribution >= 4 is 21.8 Å². The molecule has 0 radical (unpaired) electrons. The van der Waals surface area contributed by atoms with Crippen molar-refractivity contribution in [3.8, 4) is 0 Å². The zero-order chi connectivity index (χ0) is 17.8. The van der Waals surface area contributed by atoms with Gasteiger partial charge in [-0.15, -0.1) is 0 Å². The van der Waals surface area contributed by atoms with Crippen LogP contribution in [-0.2, 0) is 11.3 Å². The van der Waals surface area contributed by atoms with Crippen LogP contribution < -0.4 is 0 Å². The molecule has 2 unspecified atom stereocenters. The lowest BCUT2D eigenvalue weighted by Crippen LogP contribution is -2.61. The predicted octanol–water partition coefficient (Wildman–Crippen LogP) is 4.06. The van der Waals surface area contributed by atoms with Crippen LogP contribution in [0.2, 0.25) is 0 Å². The van der Waals surface area contributed by atoms with Gasteiger partial charge in [-0.2, -0.15) is 0 Å². The maximum absolute atomic E-state index is 13.5. The highest BCUT2D eigenvalue weighted by Crippen LogP contribution is 2.64. The third-order valence-corrected chi connectivity index (χ3v) is 8.28. The third-order valence-electron chi connectivity index (χ3n) is 7.35. The van der Waals surface area contributed by atoms with E-state index in [4.69, 9.17) is 0 Å². The summed E-state index contributed by atoms with van der Waals surface area (Å²) >= 11 is 4.05. The Morgan fingerprint density at radius 3 is 2.27 bits per heavy atom. The first-order valence-electron chi connectivity index (χ1n) is 10.3. The highest BCUT2D eigenvalue weighted by atomic mass is 79.9. The number of hydrogen-bond donors (Lipinski definition) is 0. The lowest BCUT2D eigenvalue weighted by atomic mass is 9.49. The highest BCUT2D eigenvalue weighted by molar-refractivity contribution is 9.10. The zero-order valence-corrected chi connectivity index (χ0v) is 17.1. The average Bonchev–Trinajstić information content (AvgIpc) is 2.60. The summed E-state index contributed by atoms with van der Waals surface area (Å²) in [5, 5.41) is 0. The van der Waals surface area contributed by atoms with Crippen LogP contribution in [0, 0.1) is 17.3 Å². The van der Waals surface area contributed by atoms with Gasteiger partial charge in [0.2, 0.25) is 5.91 Å². The molecule has 26 heavy (non-hydrogen) atoms. The molecule has 5 aliphatic rings. The van der Waals surface area contributed by atoms with E-state index in [1.165, 1.54) is 24.8 Å². The van der Waals surface area contributed by atoms with Gasteiger partial charge in [-0.1, -0.05) is 46.3 Å². The summed E-state index contributed by atoms with van der Waals surface area (Å²) in [7, 11) is 0. The third kappa shape index (κ3) is 3.03. The molecule has 4 aliphatic carbocycles. The number of piperazine rings is 1. The van der Waals surface area contributed by atoms with Gasteiger partial charge in [0.25, 0.3) is 0 Å². The molecular weight excluding hydrogens is 388 g/mol. The van der Waals surface area contributed by atoms with Gasteiger partial charge in [-0.05, 0) is 55.9 Å². The standard InChI is InChI=1S/C22H29BrN2O/c23-22-13-18-10-19(14-22)12-21(11-18,16-22)20(26)25-8-6-24(7-9-25)15-17-4-2-1-3-5-17/h1-5,18-19H,6-16H2. The molecule has 4 saturated carbocycles. The number of amides is 1. The minimum Gasteiger partial charge on any atom is -0.340 e. The fourth-order valence-electron chi connectivity index (χ4n) is 6.69. The molecule has 3 nitrogen and oxygen atoms in total. The Bertz CT molecular complexity index is 669. The van der Waals surface area contributed by atoms with Gasteiger partial charge >= 0.3 is 0 Å². The molecule has 1 saturated heterocycles. The molecule has 1 aromatic rings. The van der Waals surface area contributed by atoms with E-state index in [2.05, 4.69) is 56.1 Å². The van der Waals surface area contributed by atoms with E-state index in [9.17, 15) is 4.79 Å². The van der Waals surface area contributed by atoms with Crippen molar-refractivity contribution in [2.45, 2.75) is 49.4 Å². The molecule has 140 valence electrons. The van der Waals surface area contributed by atoms with Crippen LogP contribution in [0.3, 0.4) is 0 Å². The molecule has 5 fully saturated rings. The maximum Gasteiger partial charge on any atom is 0.228 e. The summed E-state index contributed by atoms with van der Waals surface area (Å²) in [6, 6.07) is 10.7. The van der Waals surface area contributed by atoms with E-state index in [1.807, 2.05) is 0 Å². The zero-order valence-electron chi connectivity index (χ0n) is 15.5. The normalized spacial score (nSPS) is 39.3. The number of benzene rings is 1. The van der Waals surface area contributed by atoms with Crippen LogP contribution in [0.25, 0.3) is 0 Å². The lowest BCUT2D eigenvalue weighted by Gasteiger charge is -2.60. The molecule has 1 heterocycles. The van der Waals surface area contributed by atoms with Gasteiger partial charge in [0.15, 0.2) is 0 Å². The molecule has 1 amide bonds. The van der Waals surface area contributed by atoms with Crippen molar-refractivity contribution in [2.24, 2.45) is 17.3 Å². The average molecular weight is 417 g/mol. The van der Waals surface area contributed by atoms with Gasteiger partial charge in [0.05, 0.1) is 5.41 Å². The minimum absolute atomic E-state index is 0.0464. The topological polar surface area (TPSA) is 23.6 Å². The Labute approximate surface area is 165 Å². The van der Waals surface area contributed by atoms with Crippen LogP contribution in [0.4, 0.5) is 0 Å². The van der Waals surface area contributed by atoms with Crippen molar-refractivity contribution in [2.75, 3.05) is 26.2 Å². The van der Waals surface area contributed by atoms with Crippen molar-refractivity contribution < 1.29 is 4.79 Å². The molecule has 0 spiro atoms. The lowest BCUT2D eigenvalue weighted by molar-refractivity contribution is -0.157. The number of rotatable bonds is 3. The van der Waals surface area contributed by atoms with Crippen LogP contribution in [0.1, 0.15) is 44.1 Å². The fraction of sp³-hybridized carbons (Fsp3) is 0.682. The van der Waals surface area contributed by atoms with Crippen LogP contribution in [0.5, 0.6) is 0 Å². The van der Waals surface area contributed by atoms with E-state index < -0.39 is 0 Å². The maximum atomic E-state index is 13.5. The number of carbonyl (C=O) groups is 1.